The molecule has 0 saturated carbocycles. The number of carbonyl (C=O) groups is 1. The van der Waals surface area contributed by atoms with Gasteiger partial charge in [-0.25, -0.2) is 15.0 Å². The van der Waals surface area contributed by atoms with Crippen LogP contribution in [-0.2, 0) is 10.2 Å². The van der Waals surface area contributed by atoms with Crippen molar-refractivity contribution in [3.05, 3.63) is 59.4 Å². The molecule has 176 valence electrons. The van der Waals surface area contributed by atoms with Crippen LogP contribution in [0.3, 0.4) is 0 Å². The summed E-state index contributed by atoms with van der Waals surface area (Å²) in [6.45, 7) is 8.65. The second-order valence-corrected chi connectivity index (χ2v) is 9.64. The van der Waals surface area contributed by atoms with Crippen LogP contribution in [0.25, 0.3) is 11.3 Å². The molecular formula is C26H30N6O2. The predicted octanol–water partition coefficient (Wildman–Crippen LogP) is 4.20. The number of carbonyl (C=O) groups excluding carboxylic acids is 1. The van der Waals surface area contributed by atoms with E-state index in [2.05, 4.69) is 45.8 Å². The first kappa shape index (κ1) is 22.3. The number of anilines is 3. The Kier molecular flexibility index (Phi) is 5.91. The van der Waals surface area contributed by atoms with E-state index < -0.39 is 0 Å². The van der Waals surface area contributed by atoms with Gasteiger partial charge in [-0.3, -0.25) is 4.79 Å². The summed E-state index contributed by atoms with van der Waals surface area (Å²) in [5.74, 6) is 1.39. The van der Waals surface area contributed by atoms with Gasteiger partial charge in [0.25, 0.3) is 5.91 Å². The van der Waals surface area contributed by atoms with E-state index in [1.807, 2.05) is 37.4 Å². The lowest BCUT2D eigenvalue weighted by molar-refractivity contribution is 0.0696. The minimum Gasteiger partial charge on any atom is -0.381 e. The molecule has 0 radical (unpaired) electrons. The van der Waals surface area contributed by atoms with Crippen LogP contribution in [0.2, 0.25) is 0 Å². The molecule has 1 fully saturated rings. The standard InChI is InChI=1S/C26H30N6O2/c1-16-12-17(24(33)30-19-7-10-34-11-8-19)4-5-21(16)31-25-27-9-6-22(32-25)18-13-20-23(28-14-18)29-15-26(20,2)3/h4-6,9,12-14,19H,7-8,10-11,15H2,1-3H3,(H,28,29)(H,30,33)(H,27,31,32). The van der Waals surface area contributed by atoms with Gasteiger partial charge >= 0.3 is 0 Å². The van der Waals surface area contributed by atoms with E-state index in [0.717, 1.165) is 47.7 Å². The summed E-state index contributed by atoms with van der Waals surface area (Å²) in [5.41, 5.74) is 5.44. The number of rotatable bonds is 5. The highest BCUT2D eigenvalue weighted by molar-refractivity contribution is 5.95. The lowest BCUT2D eigenvalue weighted by Crippen LogP contribution is -2.38. The average molecular weight is 459 g/mol. The maximum atomic E-state index is 12.7. The van der Waals surface area contributed by atoms with E-state index in [0.29, 0.717) is 24.7 Å². The molecule has 8 heteroatoms. The molecule has 34 heavy (non-hydrogen) atoms. The number of hydrogen-bond donors (Lipinski definition) is 3. The maximum Gasteiger partial charge on any atom is 0.251 e. The highest BCUT2D eigenvalue weighted by Gasteiger charge is 2.31. The summed E-state index contributed by atoms with van der Waals surface area (Å²) in [6.07, 6.45) is 5.29. The highest BCUT2D eigenvalue weighted by Crippen LogP contribution is 2.36. The number of fused-ring (bicyclic) bond motifs is 1. The lowest BCUT2D eigenvalue weighted by Gasteiger charge is -2.23. The summed E-state index contributed by atoms with van der Waals surface area (Å²) in [6, 6.07) is 9.83. The van der Waals surface area contributed by atoms with Crippen LogP contribution >= 0.6 is 0 Å². The molecule has 3 aromatic rings. The van der Waals surface area contributed by atoms with E-state index in [9.17, 15) is 4.79 Å². The third-order valence-corrected chi connectivity index (χ3v) is 6.56. The molecule has 1 amide bonds. The zero-order valence-electron chi connectivity index (χ0n) is 19.8. The Morgan fingerprint density at radius 3 is 2.76 bits per heavy atom. The smallest absolute Gasteiger partial charge is 0.251 e. The summed E-state index contributed by atoms with van der Waals surface area (Å²) in [5, 5.41) is 9.77. The van der Waals surface area contributed by atoms with Gasteiger partial charge in [-0.2, -0.15) is 0 Å². The molecule has 4 heterocycles. The maximum absolute atomic E-state index is 12.7. The van der Waals surface area contributed by atoms with E-state index >= 15 is 0 Å². The Balaban J connectivity index is 1.32. The fourth-order valence-corrected chi connectivity index (χ4v) is 4.42. The minimum atomic E-state index is -0.0543. The number of pyridine rings is 1. The summed E-state index contributed by atoms with van der Waals surface area (Å²) in [4.78, 5) is 26.4. The van der Waals surface area contributed by atoms with Gasteiger partial charge in [-0.15, -0.1) is 0 Å². The molecule has 1 saturated heterocycles. The largest absolute Gasteiger partial charge is 0.381 e. The van der Waals surface area contributed by atoms with Gasteiger partial charge in [0.05, 0.1) is 5.69 Å². The van der Waals surface area contributed by atoms with Gasteiger partial charge in [-0.05, 0) is 55.7 Å². The Bertz CT molecular complexity index is 1220. The van der Waals surface area contributed by atoms with Crippen molar-refractivity contribution in [3.63, 3.8) is 0 Å². The van der Waals surface area contributed by atoms with Crippen molar-refractivity contribution in [2.24, 2.45) is 0 Å². The Morgan fingerprint density at radius 2 is 1.97 bits per heavy atom. The van der Waals surface area contributed by atoms with Gasteiger partial charge in [0, 0.05) is 66.0 Å². The van der Waals surface area contributed by atoms with E-state index in [1.165, 1.54) is 5.56 Å². The molecule has 3 N–H and O–H groups in total. The summed E-state index contributed by atoms with van der Waals surface area (Å²) >= 11 is 0. The van der Waals surface area contributed by atoms with Gasteiger partial charge in [0.1, 0.15) is 5.82 Å². The van der Waals surface area contributed by atoms with Crippen LogP contribution in [0.15, 0.2) is 42.7 Å². The van der Waals surface area contributed by atoms with Gasteiger partial charge < -0.3 is 20.7 Å². The van der Waals surface area contributed by atoms with Crippen molar-refractivity contribution in [2.75, 3.05) is 30.4 Å². The quantitative estimate of drug-likeness (QED) is 0.527. The lowest BCUT2D eigenvalue weighted by atomic mass is 9.87. The minimum absolute atomic E-state index is 0.0301. The number of ether oxygens (including phenoxy) is 1. The fourth-order valence-electron chi connectivity index (χ4n) is 4.42. The van der Waals surface area contributed by atoms with Crippen LogP contribution in [0.4, 0.5) is 17.5 Å². The van der Waals surface area contributed by atoms with Crippen molar-refractivity contribution < 1.29 is 9.53 Å². The van der Waals surface area contributed by atoms with Gasteiger partial charge in [-0.1, -0.05) is 13.8 Å². The van der Waals surface area contributed by atoms with Crippen molar-refractivity contribution >= 4 is 23.4 Å². The first-order valence-electron chi connectivity index (χ1n) is 11.7. The second kappa shape index (κ2) is 9.02. The molecule has 8 nitrogen and oxygen atoms in total. The van der Waals surface area contributed by atoms with Crippen LogP contribution in [0.1, 0.15) is 48.2 Å². The molecule has 0 bridgehead atoms. The predicted molar refractivity (Wildman–Crippen MR) is 133 cm³/mol. The van der Waals surface area contributed by atoms with E-state index in [1.54, 1.807) is 6.20 Å². The zero-order chi connectivity index (χ0) is 23.7. The number of aryl methyl sites for hydroxylation is 1. The number of nitrogens with zero attached hydrogens (tertiary/aromatic N) is 3. The van der Waals surface area contributed by atoms with Crippen molar-refractivity contribution in [2.45, 2.75) is 45.1 Å². The number of amides is 1. The van der Waals surface area contributed by atoms with Crippen LogP contribution in [0, 0.1) is 6.92 Å². The Hall–Kier alpha value is -3.52. The first-order valence-corrected chi connectivity index (χ1v) is 11.7. The topological polar surface area (TPSA) is 101 Å². The summed E-state index contributed by atoms with van der Waals surface area (Å²) < 4.78 is 5.37. The Morgan fingerprint density at radius 1 is 1.15 bits per heavy atom. The number of hydrogen-bond acceptors (Lipinski definition) is 7. The monoisotopic (exact) mass is 458 g/mol. The van der Waals surface area contributed by atoms with E-state index in [-0.39, 0.29) is 17.4 Å². The van der Waals surface area contributed by atoms with E-state index in [4.69, 9.17) is 9.72 Å². The normalized spacial score (nSPS) is 17.0. The SMILES string of the molecule is Cc1cc(C(=O)NC2CCOCC2)ccc1Nc1nccc(-c2cnc3c(c2)C(C)(C)CN3)n1. The highest BCUT2D eigenvalue weighted by atomic mass is 16.5. The first-order chi connectivity index (χ1) is 16.4. The summed E-state index contributed by atoms with van der Waals surface area (Å²) in [7, 11) is 0. The number of nitrogens with one attached hydrogen (secondary N) is 3. The van der Waals surface area contributed by atoms with Gasteiger partial charge in [0.2, 0.25) is 5.95 Å². The number of aromatic nitrogens is 3. The molecule has 0 aliphatic carbocycles. The molecule has 5 rings (SSSR count). The van der Waals surface area contributed by atoms with Crippen LogP contribution in [0.5, 0.6) is 0 Å². The molecule has 0 spiro atoms. The molecule has 2 aromatic heterocycles. The molecule has 2 aliphatic rings. The average Bonchev–Trinajstić information content (AvgIpc) is 3.15. The molecule has 0 atom stereocenters. The number of benzene rings is 1. The third-order valence-electron chi connectivity index (χ3n) is 6.56. The van der Waals surface area contributed by atoms with Crippen LogP contribution < -0.4 is 16.0 Å². The zero-order valence-corrected chi connectivity index (χ0v) is 19.8. The van der Waals surface area contributed by atoms with Gasteiger partial charge in [0.15, 0.2) is 0 Å². The Labute approximate surface area is 199 Å². The molecule has 1 aromatic carbocycles. The molecule has 0 unspecified atom stereocenters. The van der Waals surface area contributed by atoms with Crippen LogP contribution in [-0.4, -0.2) is 46.7 Å². The van der Waals surface area contributed by atoms with Crippen molar-refractivity contribution in [1.82, 2.24) is 20.3 Å². The molecular weight excluding hydrogens is 428 g/mol. The van der Waals surface area contributed by atoms with Crippen molar-refractivity contribution in [3.8, 4) is 11.3 Å². The van der Waals surface area contributed by atoms with Crippen molar-refractivity contribution in [1.29, 1.82) is 0 Å². The third kappa shape index (κ3) is 4.59. The second-order valence-electron chi connectivity index (χ2n) is 9.64. The fraction of sp³-hybridized carbons (Fsp3) is 0.385. The molecule has 2 aliphatic heterocycles.